The summed E-state index contributed by atoms with van der Waals surface area (Å²) in [7, 11) is 0. The monoisotopic (exact) mass is 258 g/mol. The second-order valence-electron chi connectivity index (χ2n) is 5.79. The summed E-state index contributed by atoms with van der Waals surface area (Å²) in [6.07, 6.45) is 8.98. The van der Waals surface area contributed by atoms with Crippen LogP contribution in [-0.2, 0) is 17.6 Å². The van der Waals surface area contributed by atoms with E-state index in [1.807, 2.05) is 6.07 Å². The van der Waals surface area contributed by atoms with E-state index in [0.29, 0.717) is 12.5 Å². The quantitative estimate of drug-likeness (QED) is 0.770. The maximum absolute atomic E-state index is 12.2. The molecule has 0 saturated carbocycles. The number of rotatable bonds is 4. The lowest BCUT2D eigenvalue weighted by atomic mass is 9.89. The van der Waals surface area contributed by atoms with E-state index in [1.165, 1.54) is 30.4 Å². The Morgan fingerprint density at radius 1 is 1.16 bits per heavy atom. The molecule has 2 aliphatic rings. The second kappa shape index (κ2) is 5.87. The van der Waals surface area contributed by atoms with E-state index in [1.54, 1.807) is 0 Å². The topological polar surface area (TPSA) is 26.3 Å². The Morgan fingerprint density at radius 3 is 2.79 bits per heavy atom. The lowest BCUT2D eigenvalue weighted by molar-refractivity contribution is 0.0859. The van der Waals surface area contributed by atoms with Gasteiger partial charge in [-0.25, -0.2) is 0 Å². The van der Waals surface area contributed by atoms with E-state index in [4.69, 9.17) is 4.74 Å². The Balaban J connectivity index is 1.62. The third-order valence-electron chi connectivity index (χ3n) is 4.39. The van der Waals surface area contributed by atoms with Gasteiger partial charge in [0.15, 0.2) is 5.78 Å². The zero-order valence-electron chi connectivity index (χ0n) is 11.5. The van der Waals surface area contributed by atoms with E-state index in [-0.39, 0.29) is 5.78 Å². The van der Waals surface area contributed by atoms with Gasteiger partial charge in [-0.2, -0.15) is 0 Å². The van der Waals surface area contributed by atoms with Crippen LogP contribution >= 0.6 is 0 Å². The first-order valence-electron chi connectivity index (χ1n) is 7.59. The molecule has 2 nitrogen and oxygen atoms in total. The molecule has 0 amide bonds. The number of ether oxygens (including phenoxy) is 1. The standard InChI is InChI=1S/C17H22O2/c18-17(10-9-16-6-3-11-19-16)15-8-7-13-4-1-2-5-14(13)12-15/h7-8,12,16H,1-6,9-11H2. The third-order valence-corrected chi connectivity index (χ3v) is 4.39. The van der Waals surface area contributed by atoms with E-state index in [2.05, 4.69) is 12.1 Å². The Hall–Kier alpha value is -1.15. The number of fused-ring (bicyclic) bond motifs is 1. The van der Waals surface area contributed by atoms with Crippen LogP contribution in [0.15, 0.2) is 18.2 Å². The first-order chi connectivity index (χ1) is 9.33. The molecular formula is C17H22O2. The highest BCUT2D eigenvalue weighted by molar-refractivity contribution is 5.96. The molecule has 3 rings (SSSR count). The maximum Gasteiger partial charge on any atom is 0.162 e. The van der Waals surface area contributed by atoms with Crippen LogP contribution in [0.2, 0.25) is 0 Å². The number of carbonyl (C=O) groups excluding carboxylic acids is 1. The van der Waals surface area contributed by atoms with Crippen LogP contribution in [-0.4, -0.2) is 18.5 Å². The Morgan fingerprint density at radius 2 is 2.00 bits per heavy atom. The molecule has 1 fully saturated rings. The average Bonchev–Trinajstić information content (AvgIpc) is 2.97. The highest BCUT2D eigenvalue weighted by Gasteiger charge is 2.18. The van der Waals surface area contributed by atoms with Crippen LogP contribution in [0, 0.1) is 0 Å². The van der Waals surface area contributed by atoms with Gasteiger partial charge in [-0.3, -0.25) is 4.79 Å². The molecule has 1 heterocycles. The molecule has 1 atom stereocenters. The van der Waals surface area contributed by atoms with Crippen LogP contribution in [0.1, 0.15) is 60.0 Å². The van der Waals surface area contributed by atoms with Crippen LogP contribution in [0.3, 0.4) is 0 Å². The van der Waals surface area contributed by atoms with Crippen molar-refractivity contribution >= 4 is 5.78 Å². The zero-order valence-corrected chi connectivity index (χ0v) is 11.5. The summed E-state index contributed by atoms with van der Waals surface area (Å²) in [5, 5.41) is 0. The number of hydrogen-bond acceptors (Lipinski definition) is 2. The number of aryl methyl sites for hydroxylation is 2. The molecule has 1 unspecified atom stereocenters. The predicted molar refractivity (Wildman–Crippen MR) is 75.6 cm³/mol. The molecular weight excluding hydrogens is 236 g/mol. The van der Waals surface area contributed by atoms with Gasteiger partial charge in [-0.1, -0.05) is 12.1 Å². The molecule has 1 aliphatic heterocycles. The van der Waals surface area contributed by atoms with Gasteiger partial charge < -0.3 is 4.74 Å². The van der Waals surface area contributed by atoms with Crippen LogP contribution in [0.5, 0.6) is 0 Å². The van der Waals surface area contributed by atoms with Crippen LogP contribution < -0.4 is 0 Å². The van der Waals surface area contributed by atoms with Crippen molar-refractivity contribution in [1.29, 1.82) is 0 Å². The minimum absolute atomic E-state index is 0.281. The van der Waals surface area contributed by atoms with Crippen molar-refractivity contribution in [3.05, 3.63) is 34.9 Å². The van der Waals surface area contributed by atoms with Gasteiger partial charge in [0.1, 0.15) is 0 Å². The lowest BCUT2D eigenvalue weighted by Gasteiger charge is -2.16. The first-order valence-corrected chi connectivity index (χ1v) is 7.59. The molecule has 1 saturated heterocycles. The molecule has 0 bridgehead atoms. The molecule has 102 valence electrons. The summed E-state index contributed by atoms with van der Waals surface area (Å²) < 4.78 is 5.58. The smallest absolute Gasteiger partial charge is 0.162 e. The summed E-state index contributed by atoms with van der Waals surface area (Å²) in [6, 6.07) is 6.31. The second-order valence-corrected chi connectivity index (χ2v) is 5.79. The minimum atomic E-state index is 0.281. The molecule has 0 spiro atoms. The lowest BCUT2D eigenvalue weighted by Crippen LogP contribution is -2.10. The number of hydrogen-bond donors (Lipinski definition) is 0. The summed E-state index contributed by atoms with van der Waals surface area (Å²) in [5.41, 5.74) is 3.75. The molecule has 1 aromatic carbocycles. The molecule has 19 heavy (non-hydrogen) atoms. The van der Waals surface area contributed by atoms with Gasteiger partial charge in [0, 0.05) is 18.6 Å². The van der Waals surface area contributed by atoms with Gasteiger partial charge in [0.25, 0.3) is 0 Å². The van der Waals surface area contributed by atoms with Gasteiger partial charge in [-0.05, 0) is 62.1 Å². The van der Waals surface area contributed by atoms with Crippen molar-refractivity contribution in [2.24, 2.45) is 0 Å². The van der Waals surface area contributed by atoms with E-state index >= 15 is 0 Å². The van der Waals surface area contributed by atoms with E-state index in [9.17, 15) is 4.79 Å². The minimum Gasteiger partial charge on any atom is -0.378 e. The Labute approximate surface area is 115 Å². The van der Waals surface area contributed by atoms with Crippen molar-refractivity contribution in [1.82, 2.24) is 0 Å². The van der Waals surface area contributed by atoms with Crippen molar-refractivity contribution in [3.63, 3.8) is 0 Å². The third kappa shape index (κ3) is 3.06. The molecule has 2 heteroatoms. The number of Topliss-reactive ketones (excluding diaryl/α,β-unsaturated/α-hetero) is 1. The largest absolute Gasteiger partial charge is 0.378 e. The van der Waals surface area contributed by atoms with Gasteiger partial charge in [0.2, 0.25) is 0 Å². The predicted octanol–water partition coefficient (Wildman–Crippen LogP) is 3.71. The summed E-state index contributed by atoms with van der Waals surface area (Å²) in [5.74, 6) is 0.281. The fourth-order valence-electron chi connectivity index (χ4n) is 3.22. The normalized spacial score (nSPS) is 22.2. The number of ketones is 1. The first kappa shape index (κ1) is 12.9. The van der Waals surface area contributed by atoms with Gasteiger partial charge in [-0.15, -0.1) is 0 Å². The highest BCUT2D eigenvalue weighted by atomic mass is 16.5. The molecule has 1 aromatic rings. The van der Waals surface area contributed by atoms with Crippen LogP contribution in [0.25, 0.3) is 0 Å². The van der Waals surface area contributed by atoms with Crippen molar-refractivity contribution in [2.75, 3.05) is 6.61 Å². The molecule has 0 aromatic heterocycles. The summed E-state index contributed by atoms with van der Waals surface area (Å²) in [6.45, 7) is 0.873. The fraction of sp³-hybridized carbons (Fsp3) is 0.588. The zero-order chi connectivity index (χ0) is 13.1. The van der Waals surface area contributed by atoms with Gasteiger partial charge >= 0.3 is 0 Å². The molecule has 0 radical (unpaired) electrons. The van der Waals surface area contributed by atoms with Crippen molar-refractivity contribution < 1.29 is 9.53 Å². The van der Waals surface area contributed by atoms with E-state index < -0.39 is 0 Å². The molecule has 0 N–H and O–H groups in total. The average molecular weight is 258 g/mol. The van der Waals surface area contributed by atoms with Gasteiger partial charge in [0.05, 0.1) is 6.10 Å². The summed E-state index contributed by atoms with van der Waals surface area (Å²) in [4.78, 5) is 12.2. The number of carbonyl (C=O) groups is 1. The number of benzene rings is 1. The summed E-state index contributed by atoms with van der Waals surface area (Å²) >= 11 is 0. The Bertz CT molecular complexity index is 458. The van der Waals surface area contributed by atoms with E-state index in [0.717, 1.165) is 37.9 Å². The molecule has 1 aliphatic carbocycles. The van der Waals surface area contributed by atoms with Crippen molar-refractivity contribution in [3.8, 4) is 0 Å². The van der Waals surface area contributed by atoms with Crippen LogP contribution in [0.4, 0.5) is 0 Å². The SMILES string of the molecule is O=C(CCC1CCCO1)c1ccc2c(c1)CCCC2. The maximum atomic E-state index is 12.2. The fourth-order valence-corrected chi connectivity index (χ4v) is 3.22. The Kier molecular flexibility index (Phi) is 3.97. The highest BCUT2D eigenvalue weighted by Crippen LogP contribution is 2.24. The van der Waals surface area contributed by atoms with Crippen molar-refractivity contribution in [2.45, 2.75) is 57.5 Å².